The highest BCUT2D eigenvalue weighted by atomic mass is 79.9. The molecule has 0 N–H and O–H groups in total. The minimum Gasteiger partial charge on any atom is -0.497 e. The summed E-state index contributed by atoms with van der Waals surface area (Å²) in [5, 5.41) is 10.6. The van der Waals surface area contributed by atoms with Crippen molar-refractivity contribution in [2.24, 2.45) is 5.41 Å². The monoisotopic (exact) mass is 459 g/mol. The third-order valence-corrected chi connectivity index (χ3v) is 7.70. The Bertz CT molecular complexity index is 942. The fourth-order valence-electron chi connectivity index (χ4n) is 4.90. The second-order valence-electron chi connectivity index (χ2n) is 8.03. The van der Waals surface area contributed by atoms with Crippen LogP contribution in [0, 0.1) is 16.7 Å². The Morgan fingerprint density at radius 2 is 2.07 bits per heavy atom. The molecule has 1 aromatic carbocycles. The average Bonchev–Trinajstić information content (AvgIpc) is 3.24. The van der Waals surface area contributed by atoms with Crippen molar-refractivity contribution >= 4 is 33.3 Å². The van der Waals surface area contributed by atoms with E-state index in [9.17, 15) is 5.26 Å². The Balaban J connectivity index is 1.72. The number of anilines is 1. The maximum Gasteiger partial charge on any atom is 0.134 e. The zero-order valence-electron chi connectivity index (χ0n) is 16.1. The van der Waals surface area contributed by atoms with E-state index in [2.05, 4.69) is 46.0 Å². The van der Waals surface area contributed by atoms with Gasteiger partial charge in [-0.25, -0.2) is 4.98 Å². The number of nitrogens with zero attached hydrogens (tertiary/aromatic N) is 3. The van der Waals surface area contributed by atoms with Gasteiger partial charge in [0.15, 0.2) is 0 Å². The van der Waals surface area contributed by atoms with Crippen LogP contribution in [0.3, 0.4) is 0 Å². The fraction of sp³-hybridized carbons (Fsp3) is 0.455. The molecule has 4 nitrogen and oxygen atoms in total. The number of nitriles is 1. The molecule has 6 heteroatoms. The van der Waals surface area contributed by atoms with Gasteiger partial charge >= 0.3 is 0 Å². The lowest BCUT2D eigenvalue weighted by molar-refractivity contribution is 0.354. The minimum atomic E-state index is -0.265. The molecule has 2 heterocycles. The largest absolute Gasteiger partial charge is 0.497 e. The van der Waals surface area contributed by atoms with Gasteiger partial charge in [0.05, 0.1) is 28.1 Å². The molecule has 1 spiro atoms. The number of hydrogen-bond donors (Lipinski definition) is 0. The summed E-state index contributed by atoms with van der Waals surface area (Å²) in [6.07, 6.45) is 5.39. The predicted octanol–water partition coefficient (Wildman–Crippen LogP) is 5.87. The van der Waals surface area contributed by atoms with Crippen LogP contribution in [-0.2, 0) is 12.0 Å². The van der Waals surface area contributed by atoms with Gasteiger partial charge in [-0.3, -0.25) is 0 Å². The van der Waals surface area contributed by atoms with E-state index < -0.39 is 0 Å². The smallest absolute Gasteiger partial charge is 0.134 e. The third-order valence-electron chi connectivity index (χ3n) is 6.48. The molecule has 1 aliphatic carbocycles. The van der Waals surface area contributed by atoms with Crippen molar-refractivity contribution in [2.45, 2.75) is 44.6 Å². The molecule has 4 rings (SSSR count). The molecule has 2 aliphatic rings. The average molecular weight is 461 g/mol. The Morgan fingerprint density at radius 3 is 2.68 bits per heavy atom. The molecule has 146 valence electrons. The molecular weight excluding hydrogens is 438 g/mol. The van der Waals surface area contributed by atoms with E-state index in [1.807, 2.05) is 12.1 Å². The number of halogens is 2. The van der Waals surface area contributed by atoms with E-state index in [-0.39, 0.29) is 10.8 Å². The lowest BCUT2D eigenvalue weighted by Crippen LogP contribution is -2.32. The van der Waals surface area contributed by atoms with Gasteiger partial charge in [0.2, 0.25) is 0 Å². The van der Waals surface area contributed by atoms with Gasteiger partial charge in [-0.05, 0) is 59.3 Å². The zero-order valence-corrected chi connectivity index (χ0v) is 18.5. The Kier molecular flexibility index (Phi) is 5.05. The maximum absolute atomic E-state index is 9.85. The van der Waals surface area contributed by atoms with E-state index in [0.29, 0.717) is 0 Å². The molecule has 2 aromatic rings. The number of pyridine rings is 1. The van der Waals surface area contributed by atoms with Gasteiger partial charge in [0.25, 0.3) is 0 Å². The zero-order chi connectivity index (χ0) is 19.9. The van der Waals surface area contributed by atoms with Crippen LogP contribution >= 0.6 is 27.5 Å². The number of rotatable bonds is 4. The minimum absolute atomic E-state index is 0.110. The summed E-state index contributed by atoms with van der Waals surface area (Å²) < 4.78 is 6.09. The first-order valence-corrected chi connectivity index (χ1v) is 10.8. The van der Waals surface area contributed by atoms with Crippen molar-refractivity contribution in [2.75, 3.05) is 18.6 Å². The van der Waals surface area contributed by atoms with Gasteiger partial charge < -0.3 is 9.64 Å². The van der Waals surface area contributed by atoms with E-state index in [1.54, 1.807) is 13.3 Å². The summed E-state index contributed by atoms with van der Waals surface area (Å²) >= 11 is 10.3. The Labute approximate surface area is 179 Å². The van der Waals surface area contributed by atoms with Gasteiger partial charge in [-0.2, -0.15) is 5.26 Å². The third kappa shape index (κ3) is 3.07. The number of benzene rings is 1. The number of fused-ring (bicyclic) bond motifs is 2. The van der Waals surface area contributed by atoms with Crippen molar-refractivity contribution in [3.8, 4) is 11.8 Å². The van der Waals surface area contributed by atoms with Crippen molar-refractivity contribution < 1.29 is 4.74 Å². The van der Waals surface area contributed by atoms with Gasteiger partial charge in [0, 0.05) is 30.3 Å². The van der Waals surface area contributed by atoms with Crippen LogP contribution in [0.5, 0.6) is 5.75 Å². The van der Waals surface area contributed by atoms with Crippen molar-refractivity contribution in [1.82, 2.24) is 4.98 Å². The molecule has 1 fully saturated rings. The molecule has 2 atom stereocenters. The topological polar surface area (TPSA) is 49.2 Å². The predicted molar refractivity (Wildman–Crippen MR) is 115 cm³/mol. The second-order valence-corrected chi connectivity index (χ2v) is 9.26. The highest BCUT2D eigenvalue weighted by Gasteiger charge is 2.54. The SMILES string of the molecule is CCC1(C#N)CCC2(CN(Cc3ccc(OC)cc3)c3ncc(Br)c(Cl)c32)C1. The van der Waals surface area contributed by atoms with Crippen molar-refractivity contribution in [3.05, 3.63) is 51.1 Å². The molecule has 1 saturated carbocycles. The molecule has 0 saturated heterocycles. The van der Waals surface area contributed by atoms with Gasteiger partial charge in [-0.1, -0.05) is 30.7 Å². The lowest BCUT2D eigenvalue weighted by atomic mass is 9.76. The summed E-state index contributed by atoms with van der Waals surface area (Å²) in [5.74, 6) is 1.80. The molecule has 0 radical (unpaired) electrons. The lowest BCUT2D eigenvalue weighted by Gasteiger charge is -2.28. The molecule has 28 heavy (non-hydrogen) atoms. The Hall–Kier alpha value is -1.77. The molecular formula is C22H23BrClN3O. The highest BCUT2D eigenvalue weighted by Crippen LogP contribution is 2.59. The number of aromatic nitrogens is 1. The first-order valence-electron chi connectivity index (χ1n) is 9.59. The van der Waals surface area contributed by atoms with E-state index in [1.165, 1.54) is 5.56 Å². The van der Waals surface area contributed by atoms with Crippen LogP contribution in [-0.4, -0.2) is 18.6 Å². The quantitative estimate of drug-likeness (QED) is 0.572. The molecule has 1 aromatic heterocycles. The second kappa shape index (κ2) is 7.24. The van der Waals surface area contributed by atoms with E-state index in [0.717, 1.165) is 65.4 Å². The van der Waals surface area contributed by atoms with Crippen LogP contribution in [0.15, 0.2) is 34.9 Å². The summed E-state index contributed by atoms with van der Waals surface area (Å²) in [6.45, 7) is 3.73. The molecule has 0 bridgehead atoms. The maximum atomic E-state index is 9.85. The molecule has 0 amide bonds. The number of methoxy groups -OCH3 is 1. The van der Waals surface area contributed by atoms with Crippen LogP contribution in [0.1, 0.15) is 43.7 Å². The summed E-state index contributed by atoms with van der Waals surface area (Å²) in [6, 6.07) is 10.8. The fourth-order valence-corrected chi connectivity index (χ4v) is 5.53. The van der Waals surface area contributed by atoms with Crippen molar-refractivity contribution in [1.29, 1.82) is 5.26 Å². The van der Waals surface area contributed by atoms with Crippen LogP contribution in [0.2, 0.25) is 5.02 Å². The number of ether oxygens (including phenoxy) is 1. The first-order chi connectivity index (χ1) is 13.5. The van der Waals surface area contributed by atoms with Crippen LogP contribution in [0.25, 0.3) is 0 Å². The van der Waals surface area contributed by atoms with Crippen LogP contribution < -0.4 is 9.64 Å². The standard InChI is InChI=1S/C22H23BrClN3O/c1-3-21(13-25)8-9-22(12-21)14-27(11-15-4-6-16(28-2)7-5-15)20-18(22)19(24)17(23)10-26-20/h4-7,10H,3,8-9,11-12,14H2,1-2H3. The summed E-state index contributed by atoms with van der Waals surface area (Å²) in [4.78, 5) is 7.05. The van der Waals surface area contributed by atoms with Crippen LogP contribution in [0.4, 0.5) is 5.82 Å². The van der Waals surface area contributed by atoms with E-state index in [4.69, 9.17) is 21.3 Å². The summed E-state index contributed by atoms with van der Waals surface area (Å²) in [5.41, 5.74) is 1.94. The van der Waals surface area contributed by atoms with Crippen molar-refractivity contribution in [3.63, 3.8) is 0 Å². The molecule has 2 unspecified atom stereocenters. The van der Waals surface area contributed by atoms with Gasteiger partial charge in [-0.15, -0.1) is 0 Å². The van der Waals surface area contributed by atoms with E-state index >= 15 is 0 Å². The Morgan fingerprint density at radius 1 is 1.32 bits per heavy atom. The normalized spacial score (nSPS) is 25.8. The highest BCUT2D eigenvalue weighted by molar-refractivity contribution is 9.10. The summed E-state index contributed by atoms with van der Waals surface area (Å²) in [7, 11) is 1.68. The molecule has 1 aliphatic heterocycles. The first kappa shape index (κ1) is 19.5. The number of hydrogen-bond acceptors (Lipinski definition) is 4. The van der Waals surface area contributed by atoms with Gasteiger partial charge in [0.1, 0.15) is 11.6 Å².